The average Bonchev–Trinajstić information content (AvgIpc) is 2.69. The van der Waals surface area contributed by atoms with Crippen molar-refractivity contribution < 1.29 is 14.1 Å². The van der Waals surface area contributed by atoms with E-state index in [-0.39, 0.29) is 18.1 Å². The first kappa shape index (κ1) is 21.1. The van der Waals surface area contributed by atoms with Crippen molar-refractivity contribution in [3.05, 3.63) is 74.6 Å². The zero-order valence-corrected chi connectivity index (χ0v) is 17.7. The standard InChI is InChI=1S/C23H25ClN2O3/c1-4-16-7-9-19-17(11-23(28)29-21(19)10-16)13-26(5-2)14-22(27)25-20-12-18(24)8-6-15(20)3/h6-12H,4-5,13-14H2,1-3H3,(H,25,27)/p+1. The molecule has 1 amide bonds. The summed E-state index contributed by atoms with van der Waals surface area (Å²) in [5.74, 6) is -0.0900. The van der Waals surface area contributed by atoms with E-state index in [1.807, 2.05) is 38.1 Å². The lowest BCUT2D eigenvalue weighted by molar-refractivity contribution is -0.903. The van der Waals surface area contributed by atoms with E-state index in [2.05, 4.69) is 12.2 Å². The lowest BCUT2D eigenvalue weighted by Gasteiger charge is -2.18. The van der Waals surface area contributed by atoms with Crippen molar-refractivity contribution in [2.75, 3.05) is 18.4 Å². The first-order chi connectivity index (χ1) is 13.9. The molecule has 0 aliphatic heterocycles. The number of aryl methyl sites for hydroxylation is 2. The smallest absolute Gasteiger partial charge is 0.336 e. The summed E-state index contributed by atoms with van der Waals surface area (Å²) in [5, 5.41) is 4.44. The summed E-state index contributed by atoms with van der Waals surface area (Å²) >= 11 is 6.04. The van der Waals surface area contributed by atoms with Crippen LogP contribution >= 0.6 is 11.6 Å². The monoisotopic (exact) mass is 413 g/mol. The quantitative estimate of drug-likeness (QED) is 0.584. The van der Waals surface area contributed by atoms with Crippen molar-refractivity contribution in [1.82, 2.24) is 0 Å². The molecular formula is C23H26ClN2O3+. The van der Waals surface area contributed by atoms with Crippen LogP contribution in [-0.4, -0.2) is 19.0 Å². The number of nitrogens with one attached hydrogen (secondary N) is 2. The van der Waals surface area contributed by atoms with E-state index >= 15 is 0 Å². The fourth-order valence-electron chi connectivity index (χ4n) is 3.37. The summed E-state index contributed by atoms with van der Waals surface area (Å²) in [4.78, 5) is 25.7. The summed E-state index contributed by atoms with van der Waals surface area (Å²) in [7, 11) is 0. The number of hydrogen-bond donors (Lipinski definition) is 2. The highest BCUT2D eigenvalue weighted by Gasteiger charge is 2.17. The largest absolute Gasteiger partial charge is 0.423 e. The number of rotatable bonds is 7. The van der Waals surface area contributed by atoms with Gasteiger partial charge in [-0.25, -0.2) is 4.79 Å². The number of anilines is 1. The van der Waals surface area contributed by atoms with Crippen molar-refractivity contribution in [2.45, 2.75) is 33.7 Å². The lowest BCUT2D eigenvalue weighted by Crippen LogP contribution is -3.11. The highest BCUT2D eigenvalue weighted by molar-refractivity contribution is 6.31. The van der Waals surface area contributed by atoms with Crippen LogP contribution in [0.4, 0.5) is 5.69 Å². The second-order valence-corrected chi connectivity index (χ2v) is 7.68. The number of amides is 1. The summed E-state index contributed by atoms with van der Waals surface area (Å²) in [6.07, 6.45) is 0.874. The first-order valence-electron chi connectivity index (χ1n) is 9.84. The molecule has 2 aromatic carbocycles. The van der Waals surface area contributed by atoms with Gasteiger partial charge in [-0.3, -0.25) is 4.79 Å². The van der Waals surface area contributed by atoms with Gasteiger partial charge < -0.3 is 14.6 Å². The van der Waals surface area contributed by atoms with Crippen molar-refractivity contribution in [1.29, 1.82) is 0 Å². The Balaban J connectivity index is 1.78. The number of carbonyl (C=O) groups is 1. The van der Waals surface area contributed by atoms with Gasteiger partial charge in [0.05, 0.1) is 6.54 Å². The molecule has 0 saturated heterocycles. The number of hydrogen-bond acceptors (Lipinski definition) is 3. The Morgan fingerprint density at radius 3 is 2.66 bits per heavy atom. The number of likely N-dealkylation sites (N-methyl/N-ethyl adjacent to an activating group) is 1. The highest BCUT2D eigenvalue weighted by atomic mass is 35.5. The summed E-state index contributed by atoms with van der Waals surface area (Å²) in [6, 6.07) is 12.9. The van der Waals surface area contributed by atoms with Crippen molar-refractivity contribution in [2.24, 2.45) is 0 Å². The van der Waals surface area contributed by atoms with Crippen LogP contribution in [0.3, 0.4) is 0 Å². The topological polar surface area (TPSA) is 63.8 Å². The van der Waals surface area contributed by atoms with Gasteiger partial charge in [0.15, 0.2) is 6.54 Å². The third kappa shape index (κ3) is 5.25. The maximum absolute atomic E-state index is 12.6. The van der Waals surface area contributed by atoms with E-state index in [9.17, 15) is 9.59 Å². The molecule has 0 aliphatic carbocycles. The second-order valence-electron chi connectivity index (χ2n) is 7.24. The Morgan fingerprint density at radius 2 is 1.93 bits per heavy atom. The Morgan fingerprint density at radius 1 is 1.14 bits per heavy atom. The molecule has 3 aromatic rings. The van der Waals surface area contributed by atoms with Crippen LogP contribution in [0.15, 0.2) is 51.7 Å². The molecule has 0 spiro atoms. The van der Waals surface area contributed by atoms with E-state index < -0.39 is 0 Å². The van der Waals surface area contributed by atoms with E-state index in [1.54, 1.807) is 12.1 Å². The molecule has 5 nitrogen and oxygen atoms in total. The van der Waals surface area contributed by atoms with Crippen LogP contribution in [-0.2, 0) is 17.8 Å². The van der Waals surface area contributed by atoms with Crippen molar-refractivity contribution in [3.63, 3.8) is 0 Å². The minimum atomic E-state index is -0.366. The fourth-order valence-corrected chi connectivity index (χ4v) is 3.54. The summed E-state index contributed by atoms with van der Waals surface area (Å²) < 4.78 is 5.39. The molecule has 0 bridgehead atoms. The molecular weight excluding hydrogens is 388 g/mol. The van der Waals surface area contributed by atoms with Crippen LogP contribution < -0.4 is 15.8 Å². The highest BCUT2D eigenvalue weighted by Crippen LogP contribution is 2.20. The van der Waals surface area contributed by atoms with Gasteiger partial charge in [-0.2, -0.15) is 0 Å². The van der Waals surface area contributed by atoms with Crippen LogP contribution in [0.1, 0.15) is 30.5 Å². The second kappa shape index (κ2) is 9.25. The Bertz CT molecular complexity index is 1090. The molecule has 29 heavy (non-hydrogen) atoms. The van der Waals surface area contributed by atoms with Gasteiger partial charge >= 0.3 is 5.63 Å². The van der Waals surface area contributed by atoms with Crippen molar-refractivity contribution >= 4 is 34.2 Å². The fraction of sp³-hybridized carbons (Fsp3) is 0.304. The zero-order valence-electron chi connectivity index (χ0n) is 17.0. The van der Waals surface area contributed by atoms with Gasteiger partial charge in [-0.1, -0.05) is 36.7 Å². The SMILES string of the molecule is CCc1ccc2c(C[NH+](CC)CC(=O)Nc3cc(Cl)ccc3C)cc(=O)oc2c1. The predicted octanol–water partition coefficient (Wildman–Crippen LogP) is 3.36. The minimum Gasteiger partial charge on any atom is -0.423 e. The molecule has 2 N–H and O–H groups in total. The molecule has 3 rings (SSSR count). The van der Waals surface area contributed by atoms with Gasteiger partial charge in [-0.05, 0) is 49.6 Å². The van der Waals surface area contributed by atoms with Gasteiger partial charge in [0.2, 0.25) is 0 Å². The lowest BCUT2D eigenvalue weighted by atomic mass is 10.1. The number of quaternary nitrogens is 1. The average molecular weight is 414 g/mol. The van der Waals surface area contributed by atoms with E-state index in [4.69, 9.17) is 16.0 Å². The van der Waals surface area contributed by atoms with Crippen molar-refractivity contribution in [3.8, 4) is 0 Å². The number of carbonyl (C=O) groups excluding carboxylic acids is 1. The Hall–Kier alpha value is -2.63. The van der Waals surface area contributed by atoms with E-state index in [0.717, 1.165) is 45.6 Å². The van der Waals surface area contributed by atoms with E-state index in [1.165, 1.54) is 6.07 Å². The molecule has 0 radical (unpaired) electrons. The molecule has 1 atom stereocenters. The van der Waals surface area contributed by atoms with Gasteiger partial charge in [-0.15, -0.1) is 0 Å². The molecule has 0 fully saturated rings. The molecule has 1 unspecified atom stereocenters. The number of benzene rings is 2. The molecule has 152 valence electrons. The molecule has 0 saturated carbocycles. The normalized spacial score (nSPS) is 12.1. The third-order valence-electron chi connectivity index (χ3n) is 5.13. The number of fused-ring (bicyclic) bond motifs is 1. The predicted molar refractivity (Wildman–Crippen MR) is 117 cm³/mol. The van der Waals surface area contributed by atoms with Crippen LogP contribution in [0.25, 0.3) is 11.0 Å². The number of halogens is 1. The van der Waals surface area contributed by atoms with Crippen LogP contribution in [0.5, 0.6) is 0 Å². The Labute approximate surface area is 175 Å². The van der Waals surface area contributed by atoms with Crippen LogP contribution in [0.2, 0.25) is 5.02 Å². The minimum absolute atomic E-state index is 0.0900. The van der Waals surface area contributed by atoms with Gasteiger partial charge in [0, 0.05) is 27.7 Å². The summed E-state index contributed by atoms with van der Waals surface area (Å²) in [6.45, 7) is 7.61. The summed E-state index contributed by atoms with van der Waals surface area (Å²) in [5.41, 5.74) is 3.92. The maximum Gasteiger partial charge on any atom is 0.336 e. The van der Waals surface area contributed by atoms with Crippen LogP contribution in [0, 0.1) is 6.92 Å². The zero-order chi connectivity index (χ0) is 21.0. The molecule has 6 heteroatoms. The molecule has 1 aromatic heterocycles. The van der Waals surface area contributed by atoms with Gasteiger partial charge in [0.1, 0.15) is 12.1 Å². The molecule has 1 heterocycles. The first-order valence-corrected chi connectivity index (χ1v) is 10.2. The maximum atomic E-state index is 12.6. The third-order valence-corrected chi connectivity index (χ3v) is 5.36. The van der Waals surface area contributed by atoms with Gasteiger partial charge in [0.25, 0.3) is 5.91 Å². The Kier molecular flexibility index (Phi) is 6.72. The van der Waals surface area contributed by atoms with E-state index in [0.29, 0.717) is 17.2 Å². The molecule has 0 aliphatic rings.